The van der Waals surface area contributed by atoms with E-state index in [1.807, 2.05) is 0 Å². The zero-order valence-corrected chi connectivity index (χ0v) is 8.66. The molecule has 0 atom stereocenters. The largest absolute Gasteiger partial charge is 0.460 e. The van der Waals surface area contributed by atoms with E-state index in [0.717, 1.165) is 18.5 Å². The van der Waals surface area contributed by atoms with Crippen molar-refractivity contribution in [1.82, 2.24) is 4.98 Å². The number of hydrogen-bond acceptors (Lipinski definition) is 3. The fourth-order valence-corrected chi connectivity index (χ4v) is 1.47. The Bertz CT molecular complexity index is 519. The van der Waals surface area contributed by atoms with Crippen LogP contribution in [0, 0.1) is 0 Å². The first-order chi connectivity index (χ1) is 8.02. The van der Waals surface area contributed by atoms with Gasteiger partial charge >= 0.3 is 6.18 Å². The Labute approximate surface area is 95.1 Å². The zero-order chi connectivity index (χ0) is 12.5. The number of alkyl halides is 3. The van der Waals surface area contributed by atoms with Crippen LogP contribution in [0.5, 0.6) is 0 Å². The summed E-state index contributed by atoms with van der Waals surface area (Å²) in [6, 6.07) is 3.91. The normalized spacial score (nSPS) is 11.8. The summed E-state index contributed by atoms with van der Waals surface area (Å²) in [7, 11) is 0. The first kappa shape index (κ1) is 11.7. The van der Waals surface area contributed by atoms with Crippen molar-refractivity contribution in [1.29, 1.82) is 0 Å². The molecule has 0 saturated heterocycles. The molecule has 2 heterocycles. The average Bonchev–Trinajstić information content (AvgIpc) is 2.76. The summed E-state index contributed by atoms with van der Waals surface area (Å²) in [4.78, 5) is 3.68. The van der Waals surface area contributed by atoms with Crippen LogP contribution in [0.2, 0.25) is 0 Å². The number of rotatable bonds is 2. The van der Waals surface area contributed by atoms with Gasteiger partial charge in [-0.05, 0) is 18.2 Å². The Hall–Kier alpha value is -1.82. The van der Waals surface area contributed by atoms with Gasteiger partial charge in [0.25, 0.3) is 0 Å². The van der Waals surface area contributed by atoms with E-state index in [-0.39, 0.29) is 17.9 Å². The number of hydrogen-bond donors (Lipinski definition) is 1. The maximum absolute atomic E-state index is 12.7. The molecule has 2 N–H and O–H groups in total. The molecule has 6 heteroatoms. The van der Waals surface area contributed by atoms with Crippen molar-refractivity contribution in [3.05, 3.63) is 41.9 Å². The highest BCUT2D eigenvalue weighted by atomic mass is 19.4. The van der Waals surface area contributed by atoms with Crippen molar-refractivity contribution in [2.45, 2.75) is 12.7 Å². The van der Waals surface area contributed by atoms with E-state index in [9.17, 15) is 13.2 Å². The molecule has 0 fully saturated rings. The third kappa shape index (κ3) is 2.31. The molecular weight excluding hydrogens is 233 g/mol. The maximum atomic E-state index is 12.7. The van der Waals surface area contributed by atoms with Crippen LogP contribution in [0.4, 0.5) is 13.2 Å². The molecule has 0 aliphatic carbocycles. The Morgan fingerprint density at radius 3 is 2.59 bits per heavy atom. The minimum absolute atomic E-state index is 0.0836. The molecule has 0 aliphatic heterocycles. The highest BCUT2D eigenvalue weighted by Gasteiger charge is 2.34. The highest BCUT2D eigenvalue weighted by molar-refractivity contribution is 5.61. The van der Waals surface area contributed by atoms with Gasteiger partial charge in [-0.15, -0.1) is 0 Å². The lowest BCUT2D eigenvalue weighted by Gasteiger charge is -2.09. The topological polar surface area (TPSA) is 52.0 Å². The summed E-state index contributed by atoms with van der Waals surface area (Å²) in [6.45, 7) is 0.140. The number of nitrogens with two attached hydrogens (primary N) is 1. The van der Waals surface area contributed by atoms with Crippen LogP contribution in [0.25, 0.3) is 11.3 Å². The van der Waals surface area contributed by atoms with Crippen molar-refractivity contribution >= 4 is 0 Å². The zero-order valence-electron chi connectivity index (χ0n) is 8.66. The molecule has 0 unspecified atom stereocenters. The predicted molar refractivity (Wildman–Crippen MR) is 54.8 cm³/mol. The summed E-state index contributed by atoms with van der Waals surface area (Å²) < 4.78 is 43.4. The third-order valence-electron chi connectivity index (χ3n) is 2.25. The van der Waals surface area contributed by atoms with Crippen molar-refractivity contribution in [3.8, 4) is 11.3 Å². The van der Waals surface area contributed by atoms with Crippen molar-refractivity contribution in [3.63, 3.8) is 0 Å². The van der Waals surface area contributed by atoms with E-state index in [0.29, 0.717) is 5.76 Å². The number of pyridine rings is 1. The number of nitrogens with zero attached hydrogens (tertiary/aromatic N) is 1. The van der Waals surface area contributed by atoms with E-state index in [1.54, 1.807) is 6.07 Å². The van der Waals surface area contributed by atoms with E-state index in [2.05, 4.69) is 4.98 Å². The fourth-order valence-electron chi connectivity index (χ4n) is 1.47. The van der Waals surface area contributed by atoms with Crippen LogP contribution in [-0.2, 0) is 12.7 Å². The Kier molecular flexibility index (Phi) is 2.89. The maximum Gasteiger partial charge on any atom is 0.417 e. The summed E-state index contributed by atoms with van der Waals surface area (Å²) in [5.74, 6) is 0.544. The van der Waals surface area contributed by atoms with Gasteiger partial charge < -0.3 is 10.2 Å². The van der Waals surface area contributed by atoms with Gasteiger partial charge in [0, 0.05) is 18.0 Å². The molecule has 0 aromatic carbocycles. The standard InChI is InChI=1S/C11H9F3N2O/c12-11(13,14)9-3-4-16-6-8(9)10-2-1-7(5-15)17-10/h1-4,6H,5,15H2. The molecule has 2 aromatic heterocycles. The summed E-state index contributed by atoms with van der Waals surface area (Å²) in [5.41, 5.74) is 4.48. The number of aromatic nitrogens is 1. The molecular formula is C11H9F3N2O. The van der Waals surface area contributed by atoms with Gasteiger partial charge in [-0.25, -0.2) is 0 Å². The second kappa shape index (κ2) is 4.21. The first-order valence-electron chi connectivity index (χ1n) is 4.82. The molecule has 3 nitrogen and oxygen atoms in total. The first-order valence-corrected chi connectivity index (χ1v) is 4.82. The lowest BCUT2D eigenvalue weighted by molar-refractivity contribution is -0.137. The molecule has 0 aliphatic rings. The molecule has 0 saturated carbocycles. The van der Waals surface area contributed by atoms with Crippen LogP contribution < -0.4 is 5.73 Å². The number of furan rings is 1. The molecule has 0 amide bonds. The smallest absolute Gasteiger partial charge is 0.417 e. The van der Waals surface area contributed by atoms with Crippen LogP contribution in [0.15, 0.2) is 35.0 Å². The molecule has 0 bridgehead atoms. The van der Waals surface area contributed by atoms with E-state index in [1.165, 1.54) is 6.07 Å². The Balaban J connectivity index is 2.52. The van der Waals surface area contributed by atoms with Crippen molar-refractivity contribution in [2.75, 3.05) is 0 Å². The quantitative estimate of drug-likeness (QED) is 0.880. The van der Waals surface area contributed by atoms with Crippen LogP contribution in [0.1, 0.15) is 11.3 Å². The van der Waals surface area contributed by atoms with Crippen LogP contribution in [-0.4, -0.2) is 4.98 Å². The van der Waals surface area contributed by atoms with Gasteiger partial charge in [-0.3, -0.25) is 4.98 Å². The predicted octanol–water partition coefficient (Wildman–Crippen LogP) is 2.82. The lowest BCUT2D eigenvalue weighted by Crippen LogP contribution is -2.07. The van der Waals surface area contributed by atoms with Crippen LogP contribution >= 0.6 is 0 Å². The SMILES string of the molecule is NCc1ccc(-c2cnccc2C(F)(F)F)o1. The fraction of sp³-hybridized carbons (Fsp3) is 0.182. The molecule has 2 aromatic rings. The summed E-state index contributed by atoms with van der Waals surface area (Å²) >= 11 is 0. The summed E-state index contributed by atoms with van der Waals surface area (Å²) in [5, 5.41) is 0. The summed E-state index contributed by atoms with van der Waals surface area (Å²) in [6.07, 6.45) is -2.21. The molecule has 2 rings (SSSR count). The van der Waals surface area contributed by atoms with Gasteiger partial charge in [0.05, 0.1) is 12.1 Å². The van der Waals surface area contributed by atoms with Gasteiger partial charge in [0.1, 0.15) is 11.5 Å². The van der Waals surface area contributed by atoms with E-state index >= 15 is 0 Å². The Morgan fingerprint density at radius 1 is 1.24 bits per heavy atom. The van der Waals surface area contributed by atoms with Crippen molar-refractivity contribution in [2.24, 2.45) is 5.73 Å². The number of halogens is 3. The second-order valence-corrected chi connectivity index (χ2v) is 3.39. The van der Waals surface area contributed by atoms with Gasteiger partial charge in [-0.1, -0.05) is 0 Å². The second-order valence-electron chi connectivity index (χ2n) is 3.39. The van der Waals surface area contributed by atoms with E-state index in [4.69, 9.17) is 10.2 Å². The molecule has 90 valence electrons. The van der Waals surface area contributed by atoms with Gasteiger partial charge in [0.2, 0.25) is 0 Å². The van der Waals surface area contributed by atoms with E-state index < -0.39 is 11.7 Å². The van der Waals surface area contributed by atoms with Gasteiger partial charge in [0.15, 0.2) is 0 Å². The van der Waals surface area contributed by atoms with Crippen LogP contribution in [0.3, 0.4) is 0 Å². The Morgan fingerprint density at radius 2 is 2.00 bits per heavy atom. The highest BCUT2D eigenvalue weighted by Crippen LogP contribution is 2.36. The minimum atomic E-state index is -4.44. The monoisotopic (exact) mass is 242 g/mol. The lowest BCUT2D eigenvalue weighted by atomic mass is 10.1. The van der Waals surface area contributed by atoms with Gasteiger partial charge in [-0.2, -0.15) is 13.2 Å². The average molecular weight is 242 g/mol. The molecule has 17 heavy (non-hydrogen) atoms. The molecule has 0 radical (unpaired) electrons. The minimum Gasteiger partial charge on any atom is -0.460 e. The van der Waals surface area contributed by atoms with Crippen molar-refractivity contribution < 1.29 is 17.6 Å². The molecule has 0 spiro atoms. The third-order valence-corrected chi connectivity index (χ3v) is 2.25.